The first-order valence-corrected chi connectivity index (χ1v) is 9.40. The van der Waals surface area contributed by atoms with Gasteiger partial charge in [-0.05, 0) is 19.1 Å². The van der Waals surface area contributed by atoms with E-state index in [2.05, 4.69) is 15.2 Å². The number of hydrogen-bond acceptors (Lipinski definition) is 5. The van der Waals surface area contributed by atoms with E-state index in [1.54, 1.807) is 11.0 Å². The van der Waals surface area contributed by atoms with E-state index in [0.29, 0.717) is 50.9 Å². The smallest absolute Gasteiger partial charge is 0.318 e. The third-order valence-corrected chi connectivity index (χ3v) is 5.04. The van der Waals surface area contributed by atoms with E-state index in [9.17, 15) is 9.18 Å². The van der Waals surface area contributed by atoms with Gasteiger partial charge in [-0.1, -0.05) is 12.1 Å². The van der Waals surface area contributed by atoms with Gasteiger partial charge in [-0.15, -0.1) is 0 Å². The quantitative estimate of drug-likeness (QED) is 0.821. The lowest BCUT2D eigenvalue weighted by molar-refractivity contribution is 0.166. The van der Waals surface area contributed by atoms with Crippen LogP contribution in [0.5, 0.6) is 11.5 Å². The molecule has 0 saturated carbocycles. The number of urea groups is 1. The Morgan fingerprint density at radius 1 is 1.29 bits per heavy atom. The minimum absolute atomic E-state index is 0.00533. The van der Waals surface area contributed by atoms with Crippen molar-refractivity contribution < 1.29 is 18.7 Å². The van der Waals surface area contributed by atoms with Crippen molar-refractivity contribution in [2.45, 2.75) is 19.5 Å². The molecule has 2 aromatic rings. The highest BCUT2D eigenvalue weighted by Gasteiger charge is 2.28. The van der Waals surface area contributed by atoms with Gasteiger partial charge < -0.3 is 24.6 Å². The number of fused-ring (bicyclic) bond motifs is 1. The molecular formula is C20H23FN4O3. The number of piperazine rings is 1. The Morgan fingerprint density at radius 2 is 2.14 bits per heavy atom. The monoisotopic (exact) mass is 386 g/mol. The number of halogens is 1. The molecule has 2 amide bonds. The average molecular weight is 386 g/mol. The third kappa shape index (κ3) is 3.81. The van der Waals surface area contributed by atoms with Crippen molar-refractivity contribution in [1.82, 2.24) is 15.2 Å². The summed E-state index contributed by atoms with van der Waals surface area (Å²) in [5.74, 6) is 0.916. The number of carbonyl (C=O) groups excluding carboxylic acids is 1. The molecule has 1 N–H and O–H groups in total. The van der Waals surface area contributed by atoms with Crippen LogP contribution in [0.15, 0.2) is 36.5 Å². The Morgan fingerprint density at radius 3 is 2.96 bits per heavy atom. The largest absolute Gasteiger partial charge is 0.486 e. The number of pyridine rings is 1. The van der Waals surface area contributed by atoms with Crippen molar-refractivity contribution in [2.75, 3.05) is 37.7 Å². The number of aromatic nitrogens is 1. The molecule has 148 valence electrons. The standard InChI is InChI=1S/C20H23FN4O3/c1-14-13-24(16-5-6-22-18(21)11-16)7-8-25(14)20(26)23-12-15-3-2-4-17-19(15)28-10-9-27-17/h2-6,11,14H,7-10,12-13H2,1H3,(H,23,26). The van der Waals surface area contributed by atoms with Gasteiger partial charge in [-0.2, -0.15) is 4.39 Å². The van der Waals surface area contributed by atoms with Crippen LogP contribution in [0, 0.1) is 5.95 Å². The van der Waals surface area contributed by atoms with Gasteiger partial charge in [0.1, 0.15) is 13.2 Å². The summed E-state index contributed by atoms with van der Waals surface area (Å²) in [5.41, 5.74) is 1.68. The molecule has 4 rings (SSSR count). The molecule has 0 radical (unpaired) electrons. The molecule has 1 atom stereocenters. The summed E-state index contributed by atoms with van der Waals surface area (Å²) in [7, 11) is 0. The molecule has 7 nitrogen and oxygen atoms in total. The highest BCUT2D eigenvalue weighted by molar-refractivity contribution is 5.75. The van der Waals surface area contributed by atoms with Gasteiger partial charge in [0.25, 0.3) is 0 Å². The Kier molecular flexibility index (Phi) is 5.18. The molecule has 2 aliphatic rings. The van der Waals surface area contributed by atoms with E-state index in [1.807, 2.05) is 25.1 Å². The number of hydrogen-bond donors (Lipinski definition) is 1. The number of para-hydroxylation sites is 1. The van der Waals surface area contributed by atoms with Gasteiger partial charge in [0, 0.05) is 55.7 Å². The molecule has 0 bridgehead atoms. The maximum atomic E-state index is 13.4. The number of ether oxygens (including phenoxy) is 2. The number of amides is 2. The van der Waals surface area contributed by atoms with Gasteiger partial charge in [0.2, 0.25) is 5.95 Å². The van der Waals surface area contributed by atoms with Crippen LogP contribution in [0.25, 0.3) is 0 Å². The molecule has 1 unspecified atom stereocenters. The predicted octanol–water partition coefficient (Wildman–Crippen LogP) is 2.41. The molecular weight excluding hydrogens is 363 g/mol. The first-order chi connectivity index (χ1) is 13.6. The lowest BCUT2D eigenvalue weighted by Crippen LogP contribution is -2.56. The van der Waals surface area contributed by atoms with Crippen LogP contribution in [0.4, 0.5) is 14.9 Å². The molecule has 3 heterocycles. The number of benzene rings is 1. The van der Waals surface area contributed by atoms with Gasteiger partial charge >= 0.3 is 6.03 Å². The van der Waals surface area contributed by atoms with Crippen LogP contribution in [0.2, 0.25) is 0 Å². The van der Waals surface area contributed by atoms with Crippen molar-refractivity contribution in [3.63, 3.8) is 0 Å². The minimum atomic E-state index is -0.497. The Labute approximate surface area is 163 Å². The minimum Gasteiger partial charge on any atom is -0.486 e. The number of rotatable bonds is 3. The molecule has 0 aliphatic carbocycles. The van der Waals surface area contributed by atoms with Gasteiger partial charge in [0.05, 0.1) is 0 Å². The zero-order chi connectivity index (χ0) is 19.5. The zero-order valence-electron chi connectivity index (χ0n) is 15.7. The summed E-state index contributed by atoms with van der Waals surface area (Å²) in [5, 5.41) is 2.98. The summed E-state index contributed by atoms with van der Waals surface area (Å²) in [6.45, 7) is 5.23. The van der Waals surface area contributed by atoms with Gasteiger partial charge in [0.15, 0.2) is 11.5 Å². The maximum absolute atomic E-state index is 13.4. The molecule has 2 aliphatic heterocycles. The van der Waals surface area contributed by atoms with Gasteiger partial charge in [-0.3, -0.25) is 0 Å². The molecule has 1 fully saturated rings. The number of carbonyl (C=O) groups is 1. The van der Waals surface area contributed by atoms with E-state index in [1.165, 1.54) is 12.3 Å². The highest BCUT2D eigenvalue weighted by atomic mass is 19.1. The van der Waals surface area contributed by atoms with E-state index in [-0.39, 0.29) is 12.1 Å². The van der Waals surface area contributed by atoms with E-state index in [0.717, 1.165) is 11.3 Å². The summed E-state index contributed by atoms with van der Waals surface area (Å²) >= 11 is 0. The van der Waals surface area contributed by atoms with Crippen LogP contribution in [0.3, 0.4) is 0 Å². The van der Waals surface area contributed by atoms with Gasteiger partial charge in [-0.25, -0.2) is 9.78 Å². The highest BCUT2D eigenvalue weighted by Crippen LogP contribution is 2.33. The lowest BCUT2D eigenvalue weighted by atomic mass is 10.1. The third-order valence-electron chi connectivity index (χ3n) is 5.04. The fourth-order valence-electron chi connectivity index (χ4n) is 3.63. The van der Waals surface area contributed by atoms with Crippen molar-refractivity contribution in [3.8, 4) is 11.5 Å². The molecule has 0 spiro atoms. The summed E-state index contributed by atoms with van der Waals surface area (Å²) in [6, 6.07) is 8.76. The Balaban J connectivity index is 1.36. The lowest BCUT2D eigenvalue weighted by Gasteiger charge is -2.40. The second-order valence-electron chi connectivity index (χ2n) is 6.93. The fraction of sp³-hybridized carbons (Fsp3) is 0.400. The maximum Gasteiger partial charge on any atom is 0.318 e. The van der Waals surface area contributed by atoms with Crippen molar-refractivity contribution >= 4 is 11.7 Å². The Hall–Kier alpha value is -3.03. The fourth-order valence-corrected chi connectivity index (χ4v) is 3.63. The van der Waals surface area contributed by atoms with Crippen LogP contribution >= 0.6 is 0 Å². The second kappa shape index (κ2) is 7.92. The molecule has 1 aromatic heterocycles. The molecule has 1 aromatic carbocycles. The topological polar surface area (TPSA) is 66.9 Å². The summed E-state index contributed by atoms with van der Waals surface area (Å²) < 4.78 is 24.7. The number of anilines is 1. The van der Waals surface area contributed by atoms with E-state index < -0.39 is 5.95 Å². The first-order valence-electron chi connectivity index (χ1n) is 9.40. The van der Waals surface area contributed by atoms with Crippen molar-refractivity contribution in [3.05, 3.63) is 48.0 Å². The second-order valence-corrected chi connectivity index (χ2v) is 6.93. The van der Waals surface area contributed by atoms with Crippen LogP contribution in [-0.2, 0) is 6.54 Å². The number of nitrogens with one attached hydrogen (secondary N) is 1. The Bertz CT molecular complexity index is 863. The summed E-state index contributed by atoms with van der Waals surface area (Å²) in [6.07, 6.45) is 1.46. The molecule has 8 heteroatoms. The normalized spacial score (nSPS) is 18.7. The average Bonchev–Trinajstić information content (AvgIpc) is 2.72. The van der Waals surface area contributed by atoms with Crippen molar-refractivity contribution in [2.24, 2.45) is 0 Å². The van der Waals surface area contributed by atoms with Crippen LogP contribution in [0.1, 0.15) is 12.5 Å². The zero-order valence-corrected chi connectivity index (χ0v) is 15.7. The predicted molar refractivity (Wildman–Crippen MR) is 102 cm³/mol. The number of nitrogens with zero attached hydrogens (tertiary/aromatic N) is 3. The van der Waals surface area contributed by atoms with Crippen LogP contribution < -0.4 is 19.7 Å². The first kappa shape index (κ1) is 18.3. The van der Waals surface area contributed by atoms with Crippen molar-refractivity contribution in [1.29, 1.82) is 0 Å². The SMILES string of the molecule is CC1CN(c2ccnc(F)c2)CCN1C(=O)NCc1cccc2c1OCCO2. The van der Waals surface area contributed by atoms with E-state index in [4.69, 9.17) is 9.47 Å². The van der Waals surface area contributed by atoms with E-state index >= 15 is 0 Å². The molecule has 28 heavy (non-hydrogen) atoms. The summed E-state index contributed by atoms with van der Waals surface area (Å²) in [4.78, 5) is 20.2. The molecule has 1 saturated heterocycles. The van der Waals surface area contributed by atoms with Crippen LogP contribution in [-0.4, -0.2) is 54.8 Å².